The monoisotopic (exact) mass is 376 g/mol. The second-order valence-corrected chi connectivity index (χ2v) is 6.56. The molecule has 1 aliphatic rings. The molecule has 4 rings (SSSR count). The van der Waals surface area contributed by atoms with E-state index in [1.807, 2.05) is 43.3 Å². The Bertz CT molecular complexity index is 1060. The number of aromatic nitrogens is 1. The third-order valence-electron chi connectivity index (χ3n) is 4.75. The number of carbonyl (C=O) groups is 2. The van der Waals surface area contributed by atoms with E-state index >= 15 is 0 Å². The SMILES string of the molecule is COc1ccc2cc(C(=O)Nc3ccc(N4CCNC4=O)cc3)c(C)nc2c1. The lowest BCUT2D eigenvalue weighted by molar-refractivity contribution is 0.102. The Morgan fingerprint density at radius 1 is 1.18 bits per heavy atom. The smallest absolute Gasteiger partial charge is 0.321 e. The zero-order valence-corrected chi connectivity index (χ0v) is 15.7. The number of carbonyl (C=O) groups excluding carboxylic acids is 2. The Labute approximate surface area is 162 Å². The Morgan fingerprint density at radius 2 is 1.96 bits per heavy atom. The van der Waals surface area contributed by atoms with Gasteiger partial charge in [-0.15, -0.1) is 0 Å². The summed E-state index contributed by atoms with van der Waals surface area (Å²) in [7, 11) is 1.61. The second-order valence-electron chi connectivity index (χ2n) is 6.56. The summed E-state index contributed by atoms with van der Waals surface area (Å²) in [6.07, 6.45) is 0. The molecular formula is C21H20N4O3. The Balaban J connectivity index is 1.54. The minimum absolute atomic E-state index is 0.105. The number of methoxy groups -OCH3 is 1. The molecule has 7 nitrogen and oxygen atoms in total. The molecule has 0 radical (unpaired) electrons. The van der Waals surface area contributed by atoms with Crippen LogP contribution in [0.4, 0.5) is 16.2 Å². The predicted octanol–water partition coefficient (Wildman–Crippen LogP) is 3.33. The molecular weight excluding hydrogens is 356 g/mol. The van der Waals surface area contributed by atoms with Gasteiger partial charge in [-0.05, 0) is 49.4 Å². The Hall–Kier alpha value is -3.61. The molecule has 1 aromatic heterocycles. The van der Waals surface area contributed by atoms with Crippen LogP contribution in [-0.2, 0) is 0 Å². The van der Waals surface area contributed by atoms with Crippen molar-refractivity contribution in [3.63, 3.8) is 0 Å². The van der Waals surface area contributed by atoms with Crippen molar-refractivity contribution in [3.05, 3.63) is 59.8 Å². The van der Waals surface area contributed by atoms with Gasteiger partial charge in [0.1, 0.15) is 5.75 Å². The number of urea groups is 1. The van der Waals surface area contributed by atoms with E-state index in [0.717, 1.165) is 22.3 Å². The maximum atomic E-state index is 12.7. The number of ether oxygens (including phenoxy) is 1. The fourth-order valence-electron chi connectivity index (χ4n) is 3.24. The average Bonchev–Trinajstić information content (AvgIpc) is 3.13. The van der Waals surface area contributed by atoms with E-state index in [0.29, 0.717) is 30.0 Å². The quantitative estimate of drug-likeness (QED) is 0.732. The number of rotatable bonds is 4. The predicted molar refractivity (Wildman–Crippen MR) is 108 cm³/mol. The van der Waals surface area contributed by atoms with Crippen LogP contribution in [0.2, 0.25) is 0 Å². The normalized spacial score (nSPS) is 13.5. The highest BCUT2D eigenvalue weighted by atomic mass is 16.5. The van der Waals surface area contributed by atoms with E-state index in [2.05, 4.69) is 15.6 Å². The van der Waals surface area contributed by atoms with Crippen LogP contribution in [0.15, 0.2) is 48.5 Å². The van der Waals surface area contributed by atoms with Crippen molar-refractivity contribution in [2.75, 3.05) is 30.4 Å². The van der Waals surface area contributed by atoms with E-state index in [-0.39, 0.29) is 11.9 Å². The number of hydrogen-bond donors (Lipinski definition) is 2. The Kier molecular flexibility index (Phi) is 4.57. The number of amides is 3. The fourth-order valence-corrected chi connectivity index (χ4v) is 3.24. The zero-order valence-electron chi connectivity index (χ0n) is 15.7. The summed E-state index contributed by atoms with van der Waals surface area (Å²) in [4.78, 5) is 30.7. The van der Waals surface area contributed by atoms with Crippen molar-refractivity contribution in [1.82, 2.24) is 10.3 Å². The lowest BCUT2D eigenvalue weighted by Crippen LogP contribution is -2.27. The summed E-state index contributed by atoms with van der Waals surface area (Å²) in [5.41, 5.74) is 3.39. The number of anilines is 2. The van der Waals surface area contributed by atoms with Crippen molar-refractivity contribution in [1.29, 1.82) is 0 Å². The van der Waals surface area contributed by atoms with Crippen molar-refractivity contribution >= 4 is 34.2 Å². The number of nitrogens with zero attached hydrogens (tertiary/aromatic N) is 2. The molecule has 142 valence electrons. The summed E-state index contributed by atoms with van der Waals surface area (Å²) >= 11 is 0. The van der Waals surface area contributed by atoms with E-state index in [9.17, 15) is 9.59 Å². The van der Waals surface area contributed by atoms with Crippen LogP contribution in [-0.4, -0.2) is 37.1 Å². The van der Waals surface area contributed by atoms with Gasteiger partial charge < -0.3 is 15.4 Å². The van der Waals surface area contributed by atoms with Gasteiger partial charge in [-0.2, -0.15) is 0 Å². The number of aryl methyl sites for hydroxylation is 1. The summed E-state index contributed by atoms with van der Waals surface area (Å²) in [5, 5.41) is 6.53. The van der Waals surface area contributed by atoms with Crippen LogP contribution in [0, 0.1) is 6.92 Å². The molecule has 0 atom stereocenters. The molecule has 3 amide bonds. The van der Waals surface area contributed by atoms with Crippen LogP contribution in [0.3, 0.4) is 0 Å². The van der Waals surface area contributed by atoms with E-state index in [4.69, 9.17) is 4.74 Å². The summed E-state index contributed by atoms with van der Waals surface area (Å²) in [6.45, 7) is 3.08. The van der Waals surface area contributed by atoms with Gasteiger partial charge in [0.15, 0.2) is 0 Å². The van der Waals surface area contributed by atoms with Crippen LogP contribution < -0.4 is 20.3 Å². The molecule has 0 spiro atoms. The highest BCUT2D eigenvalue weighted by Crippen LogP contribution is 2.23. The largest absolute Gasteiger partial charge is 0.497 e. The fraction of sp³-hybridized carbons (Fsp3) is 0.190. The summed E-state index contributed by atoms with van der Waals surface area (Å²) in [5.74, 6) is 0.498. The molecule has 0 bridgehead atoms. The molecule has 28 heavy (non-hydrogen) atoms. The number of fused-ring (bicyclic) bond motifs is 1. The minimum Gasteiger partial charge on any atom is -0.497 e. The standard InChI is InChI=1S/C21H20N4O3/c1-13-18(11-14-3-8-17(28-2)12-19(14)23-13)20(26)24-15-4-6-16(7-5-15)25-10-9-22-21(25)27/h3-8,11-12H,9-10H2,1-2H3,(H,22,27)(H,24,26). The molecule has 0 saturated carbocycles. The molecule has 2 N–H and O–H groups in total. The van der Waals surface area contributed by atoms with Gasteiger partial charge in [-0.25, -0.2) is 4.79 Å². The Morgan fingerprint density at radius 3 is 2.64 bits per heavy atom. The topological polar surface area (TPSA) is 83.6 Å². The van der Waals surface area contributed by atoms with E-state index < -0.39 is 0 Å². The molecule has 2 aromatic carbocycles. The first-order chi connectivity index (χ1) is 13.5. The molecule has 2 heterocycles. The molecule has 0 unspecified atom stereocenters. The molecule has 1 saturated heterocycles. The maximum absolute atomic E-state index is 12.7. The highest BCUT2D eigenvalue weighted by molar-refractivity contribution is 6.07. The van der Waals surface area contributed by atoms with Crippen LogP contribution in [0.5, 0.6) is 5.75 Å². The first-order valence-electron chi connectivity index (χ1n) is 8.97. The number of pyridine rings is 1. The van der Waals surface area contributed by atoms with Gasteiger partial charge in [-0.1, -0.05) is 0 Å². The van der Waals surface area contributed by atoms with Crippen molar-refractivity contribution in [2.45, 2.75) is 6.92 Å². The molecule has 1 fully saturated rings. The van der Waals surface area contributed by atoms with E-state index in [1.165, 1.54) is 0 Å². The molecule has 3 aromatic rings. The minimum atomic E-state index is -0.227. The summed E-state index contributed by atoms with van der Waals surface area (Å²) < 4.78 is 5.22. The molecule has 1 aliphatic heterocycles. The van der Waals surface area contributed by atoms with Gasteiger partial charge in [0, 0.05) is 35.9 Å². The van der Waals surface area contributed by atoms with Gasteiger partial charge in [0.25, 0.3) is 5.91 Å². The average molecular weight is 376 g/mol. The third-order valence-corrected chi connectivity index (χ3v) is 4.75. The first kappa shape index (κ1) is 17.8. The second kappa shape index (κ2) is 7.19. The van der Waals surface area contributed by atoms with Gasteiger partial charge >= 0.3 is 6.03 Å². The first-order valence-corrected chi connectivity index (χ1v) is 8.97. The van der Waals surface area contributed by atoms with Crippen LogP contribution in [0.1, 0.15) is 16.1 Å². The van der Waals surface area contributed by atoms with Gasteiger partial charge in [-0.3, -0.25) is 14.7 Å². The van der Waals surface area contributed by atoms with Gasteiger partial charge in [0.05, 0.1) is 23.9 Å². The van der Waals surface area contributed by atoms with Crippen LogP contribution >= 0.6 is 0 Å². The highest BCUT2D eigenvalue weighted by Gasteiger charge is 2.21. The van der Waals surface area contributed by atoms with Crippen molar-refractivity contribution in [2.24, 2.45) is 0 Å². The van der Waals surface area contributed by atoms with E-state index in [1.54, 1.807) is 24.1 Å². The van der Waals surface area contributed by atoms with Gasteiger partial charge in [0.2, 0.25) is 0 Å². The zero-order chi connectivity index (χ0) is 19.7. The van der Waals surface area contributed by atoms with Crippen molar-refractivity contribution < 1.29 is 14.3 Å². The number of hydrogen-bond acceptors (Lipinski definition) is 4. The van der Waals surface area contributed by atoms with Crippen LogP contribution in [0.25, 0.3) is 10.9 Å². The third kappa shape index (κ3) is 3.34. The molecule has 0 aliphatic carbocycles. The number of benzene rings is 2. The number of nitrogens with one attached hydrogen (secondary N) is 2. The summed E-state index contributed by atoms with van der Waals surface area (Å²) in [6, 6.07) is 14.5. The maximum Gasteiger partial charge on any atom is 0.321 e. The lowest BCUT2D eigenvalue weighted by Gasteiger charge is -2.15. The van der Waals surface area contributed by atoms with Crippen molar-refractivity contribution in [3.8, 4) is 5.75 Å². The lowest BCUT2D eigenvalue weighted by atomic mass is 10.1. The molecule has 7 heteroatoms.